The zero-order chi connectivity index (χ0) is 28.0. The second-order valence-electron chi connectivity index (χ2n) is 11.5. The summed E-state index contributed by atoms with van der Waals surface area (Å²) in [6, 6.07) is 16.2. The molecule has 1 fully saturated rings. The van der Waals surface area contributed by atoms with E-state index in [2.05, 4.69) is 5.10 Å². The van der Waals surface area contributed by atoms with Crippen molar-refractivity contribution in [1.29, 1.82) is 0 Å². The Balaban J connectivity index is 1.31. The fourth-order valence-electron chi connectivity index (χ4n) is 5.24. The topological polar surface area (TPSA) is 70.4 Å². The molecule has 1 aliphatic rings. The maximum atomic E-state index is 13.3. The molecule has 2 aromatic carbocycles. The lowest BCUT2D eigenvalue weighted by Crippen LogP contribution is -2.27. The van der Waals surface area contributed by atoms with Gasteiger partial charge in [-0.3, -0.25) is 14.3 Å². The van der Waals surface area contributed by atoms with Crippen molar-refractivity contribution >= 4 is 23.4 Å². The van der Waals surface area contributed by atoms with E-state index < -0.39 is 5.60 Å². The zero-order valence-electron chi connectivity index (χ0n) is 23.4. The predicted octanol–water partition coefficient (Wildman–Crippen LogP) is 7.70. The molecule has 0 unspecified atom stereocenters. The van der Waals surface area contributed by atoms with Gasteiger partial charge >= 0.3 is 5.97 Å². The van der Waals surface area contributed by atoms with Crippen molar-refractivity contribution in [3.8, 4) is 5.75 Å². The van der Waals surface area contributed by atoms with Gasteiger partial charge in [0.1, 0.15) is 23.7 Å². The number of carbonyl (C=O) groups excluding carboxylic acids is 2. The standard InChI is InChI=1S/C32H39ClN2O4/c1-22-18-27(38-21-24-8-6-5-7-9-24)16-12-25(22)13-17-29(36)31-28(33)20-34-35(31)26-14-10-23(11-15-26)19-30(37)39-32(2,3)4/h5-9,12,16,18,20,23,26H,10-11,13-15,17,19,21H2,1-4H3. The minimum absolute atomic E-state index is 0.00261. The summed E-state index contributed by atoms with van der Waals surface area (Å²) in [5, 5.41) is 4.88. The van der Waals surface area contributed by atoms with Crippen LogP contribution in [0.3, 0.4) is 0 Å². The number of rotatable bonds is 10. The summed E-state index contributed by atoms with van der Waals surface area (Å²) < 4.78 is 13.2. The molecule has 0 radical (unpaired) electrons. The molecule has 0 atom stereocenters. The zero-order valence-corrected chi connectivity index (χ0v) is 24.2. The lowest BCUT2D eigenvalue weighted by atomic mass is 9.84. The van der Waals surface area contributed by atoms with Crippen molar-refractivity contribution < 1.29 is 19.1 Å². The van der Waals surface area contributed by atoms with Crippen LogP contribution in [0.4, 0.5) is 0 Å². The number of aromatic nitrogens is 2. The van der Waals surface area contributed by atoms with Gasteiger partial charge in [0.2, 0.25) is 0 Å². The highest BCUT2D eigenvalue weighted by Crippen LogP contribution is 2.36. The molecule has 0 N–H and O–H groups in total. The van der Waals surface area contributed by atoms with Crippen LogP contribution < -0.4 is 4.74 Å². The van der Waals surface area contributed by atoms with Crippen molar-refractivity contribution in [3.63, 3.8) is 0 Å². The van der Waals surface area contributed by atoms with E-state index in [0.717, 1.165) is 48.1 Å². The number of ketones is 1. The van der Waals surface area contributed by atoms with Crippen LogP contribution in [0.15, 0.2) is 54.7 Å². The Labute approximate surface area is 236 Å². The molecule has 208 valence electrons. The highest BCUT2D eigenvalue weighted by molar-refractivity contribution is 6.33. The van der Waals surface area contributed by atoms with Gasteiger partial charge in [-0.1, -0.05) is 48.0 Å². The molecule has 39 heavy (non-hydrogen) atoms. The van der Waals surface area contributed by atoms with E-state index in [0.29, 0.717) is 42.5 Å². The quantitative estimate of drug-likeness (QED) is 0.191. The second-order valence-corrected chi connectivity index (χ2v) is 11.9. The van der Waals surface area contributed by atoms with Gasteiger partial charge in [-0.15, -0.1) is 0 Å². The van der Waals surface area contributed by atoms with Gasteiger partial charge in [-0.05, 0) is 94.5 Å². The van der Waals surface area contributed by atoms with Crippen LogP contribution in [-0.2, 0) is 22.6 Å². The molecule has 3 aromatic rings. The molecule has 0 bridgehead atoms. The number of aryl methyl sites for hydroxylation is 2. The van der Waals surface area contributed by atoms with E-state index in [4.69, 9.17) is 21.1 Å². The number of Topliss-reactive ketones (excluding diaryl/α,β-unsaturated/α-hetero) is 1. The molecular weight excluding hydrogens is 512 g/mol. The minimum atomic E-state index is -0.466. The lowest BCUT2D eigenvalue weighted by Gasteiger charge is -2.30. The maximum absolute atomic E-state index is 13.3. The number of halogens is 1. The molecule has 6 nitrogen and oxygen atoms in total. The molecule has 0 amide bonds. The van der Waals surface area contributed by atoms with Crippen molar-refractivity contribution in [2.45, 2.75) is 90.9 Å². The first-order chi connectivity index (χ1) is 18.6. The fourth-order valence-corrected chi connectivity index (χ4v) is 5.47. The molecule has 0 aliphatic heterocycles. The van der Waals surface area contributed by atoms with Gasteiger partial charge in [0.25, 0.3) is 0 Å². The van der Waals surface area contributed by atoms with Gasteiger partial charge in [0.05, 0.1) is 17.3 Å². The number of carbonyl (C=O) groups is 2. The summed E-state index contributed by atoms with van der Waals surface area (Å²) in [6.07, 6.45) is 6.49. The maximum Gasteiger partial charge on any atom is 0.306 e. The Kier molecular flexibility index (Phi) is 9.49. The van der Waals surface area contributed by atoms with Crippen LogP contribution in [0.25, 0.3) is 0 Å². The number of benzene rings is 2. The Bertz CT molecular complexity index is 1270. The third-order valence-corrected chi connectivity index (χ3v) is 7.51. The van der Waals surface area contributed by atoms with Crippen molar-refractivity contribution in [3.05, 3.63) is 82.1 Å². The number of hydrogen-bond donors (Lipinski definition) is 0. The highest BCUT2D eigenvalue weighted by Gasteiger charge is 2.29. The summed E-state index contributed by atoms with van der Waals surface area (Å²) in [6.45, 7) is 8.23. The summed E-state index contributed by atoms with van der Waals surface area (Å²) in [7, 11) is 0. The highest BCUT2D eigenvalue weighted by atomic mass is 35.5. The lowest BCUT2D eigenvalue weighted by molar-refractivity contribution is -0.156. The largest absolute Gasteiger partial charge is 0.489 e. The van der Waals surface area contributed by atoms with Crippen LogP contribution in [0.2, 0.25) is 5.02 Å². The summed E-state index contributed by atoms with van der Waals surface area (Å²) in [5.74, 6) is 0.964. The first-order valence-electron chi connectivity index (χ1n) is 13.8. The Morgan fingerprint density at radius 3 is 2.44 bits per heavy atom. The number of ether oxygens (including phenoxy) is 2. The van der Waals surface area contributed by atoms with Gasteiger partial charge in [-0.25, -0.2) is 0 Å². The third kappa shape index (κ3) is 8.18. The number of nitrogens with zero attached hydrogens (tertiary/aromatic N) is 2. The van der Waals surface area contributed by atoms with Gasteiger partial charge in [0.15, 0.2) is 5.78 Å². The molecular formula is C32H39ClN2O4. The van der Waals surface area contributed by atoms with Crippen LogP contribution in [0, 0.1) is 12.8 Å². The van der Waals surface area contributed by atoms with Crippen molar-refractivity contribution in [2.24, 2.45) is 5.92 Å². The Morgan fingerprint density at radius 1 is 1.05 bits per heavy atom. The van der Waals surface area contributed by atoms with Crippen LogP contribution >= 0.6 is 11.6 Å². The first-order valence-corrected chi connectivity index (χ1v) is 14.2. The summed E-state index contributed by atoms with van der Waals surface area (Å²) in [5.41, 5.74) is 3.35. The van der Waals surface area contributed by atoms with Gasteiger partial charge in [0, 0.05) is 12.8 Å². The molecule has 1 saturated carbocycles. The van der Waals surface area contributed by atoms with Crippen molar-refractivity contribution in [2.75, 3.05) is 0 Å². The molecule has 7 heteroatoms. The molecule has 1 aromatic heterocycles. The van der Waals surface area contributed by atoms with Crippen molar-refractivity contribution in [1.82, 2.24) is 9.78 Å². The van der Waals surface area contributed by atoms with E-state index >= 15 is 0 Å². The molecule has 4 rings (SSSR count). The molecule has 0 spiro atoms. The molecule has 1 heterocycles. The van der Waals surface area contributed by atoms with Gasteiger partial charge in [-0.2, -0.15) is 5.10 Å². The first kappa shape index (κ1) is 28.9. The van der Waals surface area contributed by atoms with Crippen LogP contribution in [-0.4, -0.2) is 27.1 Å². The third-order valence-electron chi connectivity index (χ3n) is 7.24. The smallest absolute Gasteiger partial charge is 0.306 e. The number of hydrogen-bond acceptors (Lipinski definition) is 5. The predicted molar refractivity (Wildman–Crippen MR) is 153 cm³/mol. The van der Waals surface area contributed by atoms with E-state index in [1.165, 1.54) is 0 Å². The monoisotopic (exact) mass is 550 g/mol. The fraction of sp³-hybridized carbons (Fsp3) is 0.469. The Hall–Kier alpha value is -3.12. The minimum Gasteiger partial charge on any atom is -0.489 e. The van der Waals surface area contributed by atoms with Crippen LogP contribution in [0.1, 0.15) is 92.5 Å². The molecule has 1 aliphatic carbocycles. The van der Waals surface area contributed by atoms with E-state index in [1.807, 2.05) is 80.9 Å². The van der Waals surface area contributed by atoms with Crippen LogP contribution in [0.5, 0.6) is 5.75 Å². The average Bonchev–Trinajstić information content (AvgIpc) is 3.28. The molecule has 0 saturated heterocycles. The van der Waals surface area contributed by atoms with E-state index in [1.54, 1.807) is 6.20 Å². The summed E-state index contributed by atoms with van der Waals surface area (Å²) >= 11 is 6.46. The number of esters is 1. The van der Waals surface area contributed by atoms with E-state index in [9.17, 15) is 9.59 Å². The van der Waals surface area contributed by atoms with Gasteiger partial charge < -0.3 is 9.47 Å². The SMILES string of the molecule is Cc1cc(OCc2ccccc2)ccc1CCC(=O)c1c(Cl)cnn1C1CCC(CC(=O)OC(C)(C)C)CC1. The average molecular weight is 551 g/mol. The second kappa shape index (κ2) is 12.8. The van der Waals surface area contributed by atoms with E-state index in [-0.39, 0.29) is 17.8 Å². The normalized spacial score (nSPS) is 17.6. The summed E-state index contributed by atoms with van der Waals surface area (Å²) in [4.78, 5) is 25.6. The Morgan fingerprint density at radius 2 is 1.77 bits per heavy atom.